The molecule has 0 aliphatic heterocycles. The number of benzene rings is 2. The van der Waals surface area contributed by atoms with Crippen molar-refractivity contribution in [1.82, 2.24) is 18.9 Å². The van der Waals surface area contributed by atoms with Crippen molar-refractivity contribution in [3.63, 3.8) is 0 Å². The number of methoxy groups -OCH3 is 1. The van der Waals surface area contributed by atoms with Crippen molar-refractivity contribution in [3.05, 3.63) is 123 Å². The van der Waals surface area contributed by atoms with Crippen LogP contribution in [0.4, 0.5) is 4.39 Å². The Morgan fingerprint density at radius 1 is 1.09 bits per heavy atom. The Balaban J connectivity index is 1.76. The molecule has 0 fully saturated rings. The number of nitriles is 1. The zero-order valence-electron chi connectivity index (χ0n) is 24.8. The second-order valence-electron chi connectivity index (χ2n) is 10.3. The highest BCUT2D eigenvalue weighted by Crippen LogP contribution is 2.34. The first kappa shape index (κ1) is 30.2. The van der Waals surface area contributed by atoms with Gasteiger partial charge in [-0.1, -0.05) is 36.4 Å². The number of likely N-dealkylation sites (N-methyl/N-ethyl adjacent to an activating group) is 1. The summed E-state index contributed by atoms with van der Waals surface area (Å²) in [5.41, 5.74) is 2.65. The van der Waals surface area contributed by atoms with E-state index in [0.29, 0.717) is 41.1 Å². The zero-order valence-corrected chi connectivity index (χ0v) is 24.8. The van der Waals surface area contributed by atoms with Crippen molar-refractivity contribution in [2.45, 2.75) is 26.4 Å². The third kappa shape index (κ3) is 6.09. The highest BCUT2D eigenvalue weighted by molar-refractivity contribution is 5.90. The second-order valence-corrected chi connectivity index (χ2v) is 10.3. The number of carbonyl (C=O) groups excluding carboxylic acids is 1. The molecule has 0 amide bonds. The summed E-state index contributed by atoms with van der Waals surface area (Å²) in [5.74, 6) is -0.611. The molecular weight excluding hydrogens is 561 g/mol. The van der Waals surface area contributed by atoms with E-state index in [1.54, 1.807) is 55.1 Å². The first-order valence-electron chi connectivity index (χ1n) is 14.2. The lowest BCUT2D eigenvalue weighted by molar-refractivity contribution is 0.0523. The molecular formula is C34H32FN5O4. The van der Waals surface area contributed by atoms with E-state index in [1.807, 2.05) is 42.3 Å². The van der Waals surface area contributed by atoms with E-state index in [2.05, 4.69) is 11.1 Å². The Morgan fingerprint density at radius 2 is 1.84 bits per heavy atom. The normalized spacial score (nSPS) is 11.1. The van der Waals surface area contributed by atoms with Crippen LogP contribution in [0.3, 0.4) is 0 Å². The molecule has 3 heterocycles. The van der Waals surface area contributed by atoms with E-state index in [9.17, 15) is 19.2 Å². The summed E-state index contributed by atoms with van der Waals surface area (Å²) in [6.07, 6.45) is 3.76. The molecule has 224 valence electrons. The van der Waals surface area contributed by atoms with Crippen LogP contribution in [0, 0.1) is 17.1 Å². The summed E-state index contributed by atoms with van der Waals surface area (Å²) < 4.78 is 28.4. The van der Waals surface area contributed by atoms with Crippen LogP contribution in [0.15, 0.2) is 83.9 Å². The quantitative estimate of drug-likeness (QED) is 0.197. The molecule has 0 aliphatic rings. The standard InChI is InChI=1S/C34H32FN5O4/c1-4-44-34(42)28-21-39(20-24-9-5-6-11-29(24)35)32-27(19-36)31(23-12-14-26(43-3)15-13-23)30(40(32)33(28)41)22-38(2)18-16-25-10-7-8-17-37-25/h5-15,17,21H,4,16,18,20,22H2,1-3H3. The maximum Gasteiger partial charge on any atom is 0.345 e. The predicted octanol–water partition coefficient (Wildman–Crippen LogP) is 5.08. The summed E-state index contributed by atoms with van der Waals surface area (Å²) in [4.78, 5) is 33.6. The number of halogens is 1. The third-order valence-corrected chi connectivity index (χ3v) is 7.41. The number of rotatable bonds is 11. The fourth-order valence-electron chi connectivity index (χ4n) is 5.28. The Labute approximate surface area is 254 Å². The first-order valence-corrected chi connectivity index (χ1v) is 14.2. The van der Waals surface area contributed by atoms with Crippen LogP contribution >= 0.6 is 0 Å². The maximum atomic E-state index is 14.9. The van der Waals surface area contributed by atoms with E-state index in [0.717, 1.165) is 5.69 Å². The Morgan fingerprint density at radius 3 is 2.50 bits per heavy atom. The van der Waals surface area contributed by atoms with Crippen molar-refractivity contribution < 1.29 is 18.7 Å². The van der Waals surface area contributed by atoms with Gasteiger partial charge in [-0.25, -0.2) is 9.18 Å². The molecule has 0 saturated carbocycles. The average molecular weight is 594 g/mol. The van der Waals surface area contributed by atoms with E-state index >= 15 is 0 Å². The van der Waals surface area contributed by atoms with Gasteiger partial charge in [0.15, 0.2) is 0 Å². The third-order valence-electron chi connectivity index (χ3n) is 7.41. The van der Waals surface area contributed by atoms with E-state index in [4.69, 9.17) is 9.47 Å². The fourth-order valence-corrected chi connectivity index (χ4v) is 5.28. The van der Waals surface area contributed by atoms with Crippen LogP contribution in [0.1, 0.15) is 39.8 Å². The number of nitrogens with zero attached hydrogens (tertiary/aromatic N) is 5. The lowest BCUT2D eigenvalue weighted by Gasteiger charge is -2.19. The van der Waals surface area contributed by atoms with Gasteiger partial charge < -0.3 is 18.9 Å². The summed E-state index contributed by atoms with van der Waals surface area (Å²) in [7, 11) is 3.48. The van der Waals surface area contributed by atoms with Crippen LogP contribution in [0.5, 0.6) is 5.75 Å². The minimum Gasteiger partial charge on any atom is -0.497 e. The SMILES string of the molecule is CCOC(=O)c1cn(Cc2ccccc2F)c2c(C#N)c(-c3ccc(OC)cc3)c(CN(C)CCc3ccccn3)n2c1=O. The molecule has 5 aromatic rings. The number of carbonyl (C=O) groups is 1. The lowest BCUT2D eigenvalue weighted by atomic mass is 10.0. The van der Waals surface area contributed by atoms with Crippen molar-refractivity contribution >= 4 is 11.6 Å². The van der Waals surface area contributed by atoms with Gasteiger partial charge in [0.2, 0.25) is 0 Å². The van der Waals surface area contributed by atoms with Gasteiger partial charge in [-0.3, -0.25) is 14.2 Å². The largest absolute Gasteiger partial charge is 0.497 e. The summed E-state index contributed by atoms with van der Waals surface area (Å²) in [6.45, 7) is 2.56. The van der Waals surface area contributed by atoms with Crippen molar-refractivity contribution in [1.29, 1.82) is 5.26 Å². The number of hydrogen-bond donors (Lipinski definition) is 0. The van der Waals surface area contributed by atoms with Gasteiger partial charge >= 0.3 is 5.97 Å². The van der Waals surface area contributed by atoms with Gasteiger partial charge in [-0.2, -0.15) is 5.26 Å². The molecule has 0 N–H and O–H groups in total. The molecule has 2 aromatic carbocycles. The number of aromatic nitrogens is 3. The molecule has 0 bridgehead atoms. The smallest absolute Gasteiger partial charge is 0.345 e. The van der Waals surface area contributed by atoms with Crippen molar-refractivity contribution in [2.75, 3.05) is 27.3 Å². The van der Waals surface area contributed by atoms with E-state index in [1.165, 1.54) is 16.7 Å². The molecule has 10 heteroatoms. The Hall–Kier alpha value is -5.27. The van der Waals surface area contributed by atoms with Gasteiger partial charge in [-0.05, 0) is 49.9 Å². The van der Waals surface area contributed by atoms with Crippen molar-refractivity contribution in [3.8, 4) is 22.9 Å². The number of fused-ring (bicyclic) bond motifs is 1. The molecule has 5 rings (SSSR count). The number of esters is 1. The van der Waals surface area contributed by atoms with Gasteiger partial charge in [0.25, 0.3) is 5.56 Å². The highest BCUT2D eigenvalue weighted by Gasteiger charge is 2.28. The monoisotopic (exact) mass is 593 g/mol. The summed E-state index contributed by atoms with van der Waals surface area (Å²) in [5, 5.41) is 10.6. The topological polar surface area (TPSA) is 102 Å². The molecule has 9 nitrogen and oxygen atoms in total. The predicted molar refractivity (Wildman–Crippen MR) is 164 cm³/mol. The minimum atomic E-state index is -0.797. The zero-order chi connectivity index (χ0) is 31.2. The summed E-state index contributed by atoms with van der Waals surface area (Å²) in [6, 6.07) is 21.5. The van der Waals surface area contributed by atoms with E-state index < -0.39 is 17.3 Å². The second kappa shape index (κ2) is 13.4. The van der Waals surface area contributed by atoms with Gasteiger partial charge in [0.05, 0.1) is 26.0 Å². The summed E-state index contributed by atoms with van der Waals surface area (Å²) >= 11 is 0. The molecule has 3 aromatic heterocycles. The number of hydrogen-bond acceptors (Lipinski definition) is 7. The highest BCUT2D eigenvalue weighted by atomic mass is 19.1. The van der Waals surface area contributed by atoms with Crippen LogP contribution in [0.25, 0.3) is 16.8 Å². The number of ether oxygens (including phenoxy) is 2. The molecule has 0 unspecified atom stereocenters. The van der Waals surface area contributed by atoms with Crippen LogP contribution < -0.4 is 10.3 Å². The van der Waals surface area contributed by atoms with Gasteiger partial charge in [0, 0.05) is 48.7 Å². The van der Waals surface area contributed by atoms with E-state index in [-0.39, 0.29) is 36.5 Å². The molecule has 0 spiro atoms. The lowest BCUT2D eigenvalue weighted by Crippen LogP contribution is -2.30. The first-order chi connectivity index (χ1) is 21.4. The molecule has 0 saturated heterocycles. The van der Waals surface area contributed by atoms with Crippen molar-refractivity contribution in [2.24, 2.45) is 0 Å². The molecule has 0 aliphatic carbocycles. The van der Waals surface area contributed by atoms with Gasteiger partial charge in [-0.15, -0.1) is 0 Å². The van der Waals surface area contributed by atoms with Crippen LogP contribution in [-0.2, 0) is 24.2 Å². The number of pyridine rings is 1. The van der Waals surface area contributed by atoms with Crippen LogP contribution in [-0.4, -0.2) is 52.1 Å². The molecule has 0 atom stereocenters. The molecule has 44 heavy (non-hydrogen) atoms. The minimum absolute atomic E-state index is 0.0292. The average Bonchev–Trinajstić information content (AvgIpc) is 3.37. The van der Waals surface area contributed by atoms with Crippen LogP contribution in [0.2, 0.25) is 0 Å². The Kier molecular flexibility index (Phi) is 9.17. The fraction of sp³-hybridized carbons (Fsp3) is 0.235. The molecule has 0 radical (unpaired) electrons. The van der Waals surface area contributed by atoms with Gasteiger partial charge in [0.1, 0.15) is 34.4 Å². The maximum absolute atomic E-state index is 14.9. The Bertz CT molecular complexity index is 1890.